The van der Waals surface area contributed by atoms with Crippen LogP contribution in [-0.2, 0) is 28.1 Å². The number of ether oxygens (including phenoxy) is 2. The normalized spacial score (nSPS) is 15.8. The van der Waals surface area contributed by atoms with Crippen molar-refractivity contribution in [2.45, 2.75) is 57.0 Å². The van der Waals surface area contributed by atoms with Crippen LogP contribution in [0.3, 0.4) is 0 Å². The molecule has 9 nitrogen and oxygen atoms in total. The average molecular weight is 640 g/mol. The molecule has 0 amide bonds. The first kappa shape index (κ1) is 33.0. The number of hydrogen-bond acceptors (Lipinski definition) is 7. The number of nitrogens with zero attached hydrogens (tertiary/aromatic N) is 3. The van der Waals surface area contributed by atoms with Gasteiger partial charge in [0.2, 0.25) is 5.60 Å². The molecule has 5 rings (SSSR count). The first-order chi connectivity index (χ1) is 22.0. The summed E-state index contributed by atoms with van der Waals surface area (Å²) in [5, 5.41) is 23.1. The lowest BCUT2D eigenvalue weighted by atomic mass is 9.91. The number of nitro groups is 1. The molecule has 244 valence electrons. The first-order valence-corrected chi connectivity index (χ1v) is 15.2. The van der Waals surface area contributed by atoms with Crippen molar-refractivity contribution in [2.75, 3.05) is 26.2 Å². The number of aryl methyl sites for hydroxylation is 1. The highest BCUT2D eigenvalue weighted by Crippen LogP contribution is 2.44. The van der Waals surface area contributed by atoms with Crippen molar-refractivity contribution in [3.8, 4) is 5.75 Å². The van der Waals surface area contributed by atoms with E-state index in [0.717, 1.165) is 17.2 Å². The van der Waals surface area contributed by atoms with Crippen LogP contribution >= 0.6 is 0 Å². The number of halogens is 3. The second-order valence-electron chi connectivity index (χ2n) is 11.5. The summed E-state index contributed by atoms with van der Waals surface area (Å²) in [7, 11) is 0. The fraction of sp³-hybridized carbons (Fsp3) is 0.382. The van der Waals surface area contributed by atoms with Gasteiger partial charge in [-0.3, -0.25) is 19.8 Å². The van der Waals surface area contributed by atoms with Gasteiger partial charge in [-0.2, -0.15) is 13.2 Å². The molecule has 1 atom stereocenters. The molecule has 46 heavy (non-hydrogen) atoms. The smallest absolute Gasteiger partial charge is 0.422 e. The number of fused-ring (bicyclic) bond motifs is 1. The summed E-state index contributed by atoms with van der Waals surface area (Å²) in [6, 6.07) is 20.1. The minimum atomic E-state index is -5.03. The van der Waals surface area contributed by atoms with E-state index in [1.165, 1.54) is 22.9 Å². The Morgan fingerprint density at radius 2 is 1.74 bits per heavy atom. The van der Waals surface area contributed by atoms with Crippen molar-refractivity contribution < 1.29 is 37.5 Å². The van der Waals surface area contributed by atoms with E-state index < -0.39 is 23.2 Å². The number of β-amino-alcohol motifs (C(OH)–C–C–N with tert-alkyl or cyclic N) is 1. The fourth-order valence-electron chi connectivity index (χ4n) is 5.92. The van der Waals surface area contributed by atoms with Gasteiger partial charge in [-0.25, -0.2) is 0 Å². The molecule has 1 aromatic heterocycles. The Hall–Kier alpha value is -4.42. The lowest BCUT2D eigenvalue weighted by molar-refractivity contribution is -0.384. The van der Waals surface area contributed by atoms with Gasteiger partial charge in [0.15, 0.2) is 0 Å². The minimum absolute atomic E-state index is 0.0995. The molecule has 1 unspecified atom stereocenters. The van der Waals surface area contributed by atoms with Crippen LogP contribution in [0.4, 0.5) is 18.9 Å². The van der Waals surface area contributed by atoms with Gasteiger partial charge in [0.1, 0.15) is 11.9 Å². The molecule has 1 N–H and O–H groups in total. The number of non-ortho nitro benzene ring substituents is 1. The summed E-state index contributed by atoms with van der Waals surface area (Å²) >= 11 is 0. The van der Waals surface area contributed by atoms with Crippen LogP contribution in [0.5, 0.6) is 5.75 Å². The fourth-order valence-corrected chi connectivity index (χ4v) is 5.92. The van der Waals surface area contributed by atoms with Gasteiger partial charge in [-0.1, -0.05) is 42.5 Å². The Kier molecular flexibility index (Phi) is 9.97. The zero-order valence-corrected chi connectivity index (χ0v) is 25.4. The van der Waals surface area contributed by atoms with E-state index in [0.29, 0.717) is 31.6 Å². The summed E-state index contributed by atoms with van der Waals surface area (Å²) in [6.45, 7) is 2.07. The Labute approximate surface area is 264 Å². The molecule has 1 saturated heterocycles. The number of alkyl halides is 3. The highest BCUT2D eigenvalue weighted by Gasteiger charge is 2.57. The van der Waals surface area contributed by atoms with E-state index in [1.807, 2.05) is 36.4 Å². The third-order valence-corrected chi connectivity index (χ3v) is 8.30. The maximum Gasteiger partial charge on any atom is 0.422 e. The van der Waals surface area contributed by atoms with E-state index >= 15 is 0 Å². The quantitative estimate of drug-likeness (QED) is 0.109. The SMILES string of the molecule is CCOC(=O)CCc1cccc(OC2CCN(CC(O)(c3cn(Cc4ccccc4)c4cc([N+](=O)[O-])ccc34)C(F)(F)F)CC2)c1. The van der Waals surface area contributed by atoms with Gasteiger partial charge < -0.3 is 19.1 Å². The highest BCUT2D eigenvalue weighted by molar-refractivity contribution is 5.87. The van der Waals surface area contributed by atoms with Crippen LogP contribution in [0.25, 0.3) is 10.9 Å². The third-order valence-electron chi connectivity index (χ3n) is 8.30. The topological polar surface area (TPSA) is 107 Å². The summed E-state index contributed by atoms with van der Waals surface area (Å²) < 4.78 is 57.1. The van der Waals surface area contributed by atoms with Crippen LogP contribution in [0, 0.1) is 10.1 Å². The standard InChI is InChI=1S/C34H36F3N3O6/c1-2-45-32(41)14-11-24-9-6-10-28(19-24)46-27-15-17-38(18-16-27)23-33(42,34(35,36)37)30-22-39(21-25-7-4-3-5-8-25)31-20-26(40(43)44)12-13-29(30)31/h3-10,12-13,19-20,22,27,42H,2,11,14-18,21,23H2,1H3. The Morgan fingerprint density at radius 3 is 2.41 bits per heavy atom. The molecular weight excluding hydrogens is 603 g/mol. The van der Waals surface area contributed by atoms with Crippen LogP contribution in [-0.4, -0.2) is 64.0 Å². The summed E-state index contributed by atoms with van der Waals surface area (Å²) in [5.41, 5.74) is -1.90. The number of nitro benzene ring substituents is 1. The van der Waals surface area contributed by atoms with Crippen molar-refractivity contribution in [3.63, 3.8) is 0 Å². The molecule has 3 aromatic carbocycles. The van der Waals surface area contributed by atoms with Crippen molar-refractivity contribution >= 4 is 22.6 Å². The monoisotopic (exact) mass is 639 g/mol. The number of esters is 1. The molecule has 2 heterocycles. The maximum absolute atomic E-state index is 14.8. The van der Waals surface area contributed by atoms with Crippen molar-refractivity contribution in [1.82, 2.24) is 9.47 Å². The van der Waals surface area contributed by atoms with Crippen LogP contribution in [0.2, 0.25) is 0 Å². The van der Waals surface area contributed by atoms with Crippen molar-refractivity contribution in [1.29, 1.82) is 0 Å². The van der Waals surface area contributed by atoms with E-state index in [-0.39, 0.29) is 60.3 Å². The van der Waals surface area contributed by atoms with Gasteiger partial charge in [0.05, 0.1) is 17.0 Å². The molecule has 0 radical (unpaired) electrons. The Morgan fingerprint density at radius 1 is 1.02 bits per heavy atom. The van der Waals surface area contributed by atoms with Crippen LogP contribution in [0.15, 0.2) is 79.0 Å². The molecule has 0 saturated carbocycles. The van der Waals surface area contributed by atoms with Gasteiger partial charge in [-0.05, 0) is 55.5 Å². The number of aromatic nitrogens is 1. The van der Waals surface area contributed by atoms with Crippen molar-refractivity contribution in [3.05, 3.63) is 106 Å². The molecule has 1 fully saturated rings. The number of benzene rings is 3. The molecule has 1 aliphatic heterocycles. The van der Waals surface area contributed by atoms with E-state index in [4.69, 9.17) is 9.47 Å². The molecule has 0 aliphatic carbocycles. The first-order valence-electron chi connectivity index (χ1n) is 15.2. The molecular formula is C34H36F3N3O6. The molecule has 4 aromatic rings. The summed E-state index contributed by atoms with van der Waals surface area (Å²) in [5.74, 6) is 0.342. The predicted molar refractivity (Wildman–Crippen MR) is 166 cm³/mol. The average Bonchev–Trinajstić information content (AvgIpc) is 3.39. The lowest BCUT2D eigenvalue weighted by Crippen LogP contribution is -2.53. The Bertz CT molecular complexity index is 1670. The number of piperidine rings is 1. The van der Waals surface area contributed by atoms with Gasteiger partial charge in [0.25, 0.3) is 5.69 Å². The molecule has 1 aliphatic rings. The highest BCUT2D eigenvalue weighted by atomic mass is 19.4. The largest absolute Gasteiger partial charge is 0.490 e. The number of likely N-dealkylation sites (tertiary alicyclic amines) is 1. The second-order valence-corrected chi connectivity index (χ2v) is 11.5. The third kappa shape index (κ3) is 7.51. The van der Waals surface area contributed by atoms with Crippen LogP contribution < -0.4 is 4.74 Å². The predicted octanol–water partition coefficient (Wildman–Crippen LogP) is 6.39. The number of carbonyl (C=O) groups is 1. The molecule has 0 bridgehead atoms. The summed E-state index contributed by atoms with van der Waals surface area (Å²) in [4.78, 5) is 24.2. The number of carbonyl (C=O) groups excluding carboxylic acids is 1. The zero-order chi connectivity index (χ0) is 32.9. The summed E-state index contributed by atoms with van der Waals surface area (Å²) in [6.07, 6.45) is -2.35. The van der Waals surface area contributed by atoms with E-state index in [2.05, 4.69) is 0 Å². The Balaban J connectivity index is 1.32. The van der Waals surface area contributed by atoms with Crippen molar-refractivity contribution in [2.24, 2.45) is 0 Å². The van der Waals surface area contributed by atoms with E-state index in [1.54, 1.807) is 30.0 Å². The van der Waals surface area contributed by atoms with Gasteiger partial charge in [-0.15, -0.1) is 0 Å². The lowest BCUT2D eigenvalue weighted by Gasteiger charge is -2.39. The number of hydrogen-bond donors (Lipinski definition) is 1. The van der Waals surface area contributed by atoms with Crippen LogP contribution in [0.1, 0.15) is 42.9 Å². The van der Waals surface area contributed by atoms with Gasteiger partial charge in [0, 0.05) is 61.9 Å². The minimum Gasteiger partial charge on any atom is -0.490 e. The molecule has 0 spiro atoms. The second kappa shape index (κ2) is 13.9. The van der Waals surface area contributed by atoms with Gasteiger partial charge >= 0.3 is 12.1 Å². The van der Waals surface area contributed by atoms with E-state index in [9.17, 15) is 33.2 Å². The zero-order valence-electron chi connectivity index (χ0n) is 25.4. The number of aliphatic hydroxyl groups is 1. The maximum atomic E-state index is 14.8. The molecule has 12 heteroatoms. The number of rotatable bonds is 12.